The zero-order valence-corrected chi connectivity index (χ0v) is 19.0. The lowest BCUT2D eigenvalue weighted by atomic mass is 10.0. The second-order valence-electron chi connectivity index (χ2n) is 8.06. The van der Waals surface area contributed by atoms with Gasteiger partial charge in [0, 0.05) is 37.6 Å². The Hall–Kier alpha value is -2.78. The monoisotopic (exact) mass is 456 g/mol. The molecular formula is C23H28N4O4S. The van der Waals surface area contributed by atoms with E-state index in [2.05, 4.69) is 27.4 Å². The highest BCUT2D eigenvalue weighted by Crippen LogP contribution is 2.34. The Labute approximate surface area is 192 Å². The minimum absolute atomic E-state index is 0.136. The van der Waals surface area contributed by atoms with Gasteiger partial charge in [-0.25, -0.2) is 4.98 Å². The number of aromatic nitrogens is 1. The number of piperidine rings is 1. The summed E-state index contributed by atoms with van der Waals surface area (Å²) in [6.45, 7) is 6.07. The molecule has 2 aliphatic heterocycles. The molecule has 1 aromatic carbocycles. The maximum absolute atomic E-state index is 12.7. The number of anilines is 1. The van der Waals surface area contributed by atoms with Crippen LogP contribution in [0.1, 0.15) is 30.1 Å². The lowest BCUT2D eigenvalue weighted by Crippen LogP contribution is -2.40. The lowest BCUT2D eigenvalue weighted by molar-refractivity contribution is -0.113. The number of carbonyl (C=O) groups excluding carboxylic acids is 2. The van der Waals surface area contributed by atoms with E-state index in [0.717, 1.165) is 19.6 Å². The van der Waals surface area contributed by atoms with E-state index in [1.54, 1.807) is 36.5 Å². The first-order valence-corrected chi connectivity index (χ1v) is 11.8. The van der Waals surface area contributed by atoms with Gasteiger partial charge < -0.3 is 25.0 Å². The number of hydrogen-bond donors (Lipinski definition) is 2. The van der Waals surface area contributed by atoms with E-state index in [-0.39, 0.29) is 24.4 Å². The van der Waals surface area contributed by atoms with E-state index in [1.165, 1.54) is 24.6 Å². The van der Waals surface area contributed by atoms with Crippen LogP contribution >= 0.6 is 11.8 Å². The molecule has 8 nitrogen and oxygen atoms in total. The molecule has 1 aromatic heterocycles. The largest absolute Gasteiger partial charge is 0.454 e. The molecule has 2 aliphatic rings. The van der Waals surface area contributed by atoms with Crippen molar-refractivity contribution < 1.29 is 19.1 Å². The van der Waals surface area contributed by atoms with Gasteiger partial charge in [-0.3, -0.25) is 9.59 Å². The normalized spacial score (nSPS) is 17.7. The van der Waals surface area contributed by atoms with Crippen molar-refractivity contribution in [2.75, 3.05) is 44.0 Å². The number of nitrogens with zero attached hydrogens (tertiary/aromatic N) is 2. The number of amides is 2. The second-order valence-corrected chi connectivity index (χ2v) is 9.03. The molecule has 0 spiro atoms. The summed E-state index contributed by atoms with van der Waals surface area (Å²) in [5, 5.41) is 6.37. The summed E-state index contributed by atoms with van der Waals surface area (Å²) in [7, 11) is 0. The molecule has 0 unspecified atom stereocenters. The van der Waals surface area contributed by atoms with Gasteiger partial charge in [0.2, 0.25) is 12.7 Å². The van der Waals surface area contributed by atoms with Crippen molar-refractivity contribution >= 4 is 29.3 Å². The Bertz CT molecular complexity index is 971. The lowest BCUT2D eigenvalue weighted by Gasteiger charge is -2.30. The van der Waals surface area contributed by atoms with Crippen LogP contribution in [0, 0.1) is 5.92 Å². The van der Waals surface area contributed by atoms with Crippen molar-refractivity contribution in [3.05, 3.63) is 42.1 Å². The van der Waals surface area contributed by atoms with Gasteiger partial charge in [-0.15, -0.1) is 0 Å². The highest BCUT2D eigenvalue weighted by Gasteiger charge is 2.18. The van der Waals surface area contributed by atoms with E-state index in [4.69, 9.17) is 9.47 Å². The number of pyridine rings is 1. The topological polar surface area (TPSA) is 92.8 Å². The quantitative estimate of drug-likeness (QED) is 0.590. The summed E-state index contributed by atoms with van der Waals surface area (Å²) in [6.07, 6.45) is 4.12. The second kappa shape index (κ2) is 10.7. The Balaban J connectivity index is 1.27. The van der Waals surface area contributed by atoms with E-state index < -0.39 is 0 Å². The molecule has 0 aliphatic carbocycles. The number of benzene rings is 1. The minimum atomic E-state index is -0.190. The van der Waals surface area contributed by atoms with Crippen LogP contribution in [0.4, 0.5) is 5.69 Å². The Morgan fingerprint density at radius 2 is 2.12 bits per heavy atom. The van der Waals surface area contributed by atoms with E-state index in [9.17, 15) is 9.59 Å². The fraction of sp³-hybridized carbons (Fsp3) is 0.435. The zero-order valence-electron chi connectivity index (χ0n) is 18.1. The highest BCUT2D eigenvalue weighted by molar-refractivity contribution is 8.00. The van der Waals surface area contributed by atoms with Gasteiger partial charge in [0.25, 0.3) is 5.91 Å². The van der Waals surface area contributed by atoms with Gasteiger partial charge >= 0.3 is 0 Å². The minimum Gasteiger partial charge on any atom is -0.454 e. The Morgan fingerprint density at radius 3 is 3.00 bits per heavy atom. The van der Waals surface area contributed by atoms with Gasteiger partial charge in [0.15, 0.2) is 11.5 Å². The molecule has 0 bridgehead atoms. The fourth-order valence-corrected chi connectivity index (χ4v) is 4.69. The van der Waals surface area contributed by atoms with Crippen LogP contribution in [-0.4, -0.2) is 60.4 Å². The van der Waals surface area contributed by atoms with Gasteiger partial charge in [-0.05, 0) is 49.6 Å². The molecule has 0 radical (unpaired) electrons. The SMILES string of the molecule is C[C@@H]1CCCN(CCNC(=O)c2cccnc2SCC(=O)Nc2ccc3c(c2)OCO3)C1. The van der Waals surface area contributed by atoms with Crippen LogP contribution in [0.15, 0.2) is 41.6 Å². The average molecular weight is 457 g/mol. The van der Waals surface area contributed by atoms with Gasteiger partial charge in [-0.1, -0.05) is 18.7 Å². The number of rotatable bonds is 8. The first-order chi connectivity index (χ1) is 15.6. The molecule has 170 valence electrons. The number of hydrogen-bond acceptors (Lipinski definition) is 7. The Morgan fingerprint density at radius 1 is 1.25 bits per heavy atom. The van der Waals surface area contributed by atoms with Crippen molar-refractivity contribution in [1.82, 2.24) is 15.2 Å². The third kappa shape index (κ3) is 5.92. The summed E-state index contributed by atoms with van der Waals surface area (Å²) in [5.41, 5.74) is 1.12. The van der Waals surface area contributed by atoms with Crippen LogP contribution in [0.2, 0.25) is 0 Å². The number of fused-ring (bicyclic) bond motifs is 1. The molecule has 32 heavy (non-hydrogen) atoms. The molecule has 2 amide bonds. The summed E-state index contributed by atoms with van der Waals surface area (Å²) >= 11 is 1.24. The van der Waals surface area contributed by atoms with Crippen LogP contribution < -0.4 is 20.1 Å². The van der Waals surface area contributed by atoms with E-state index >= 15 is 0 Å². The van der Waals surface area contributed by atoms with Crippen LogP contribution in [0.3, 0.4) is 0 Å². The number of thioether (sulfide) groups is 1. The Kier molecular flexibility index (Phi) is 7.49. The standard InChI is InChI=1S/C23H28N4O4S/c1-16-4-3-10-27(13-16)11-9-24-22(29)18-5-2-8-25-23(18)32-14-21(28)26-17-6-7-19-20(12-17)31-15-30-19/h2,5-8,12,16H,3-4,9-11,13-15H2,1H3,(H,24,29)(H,26,28)/t16-/m1/s1. The smallest absolute Gasteiger partial charge is 0.254 e. The molecule has 1 saturated heterocycles. The molecule has 1 atom stereocenters. The van der Waals surface area contributed by atoms with Crippen LogP contribution in [0.5, 0.6) is 11.5 Å². The summed E-state index contributed by atoms with van der Waals surface area (Å²) in [6, 6.07) is 8.73. The van der Waals surface area contributed by atoms with Crippen molar-refractivity contribution in [1.29, 1.82) is 0 Å². The predicted molar refractivity (Wildman–Crippen MR) is 123 cm³/mol. The maximum Gasteiger partial charge on any atom is 0.254 e. The first kappa shape index (κ1) is 22.4. The maximum atomic E-state index is 12.7. The molecule has 4 rings (SSSR count). The van der Waals surface area contributed by atoms with E-state index in [0.29, 0.717) is 40.2 Å². The number of nitrogens with one attached hydrogen (secondary N) is 2. The molecule has 3 heterocycles. The van der Waals surface area contributed by atoms with E-state index in [1.807, 2.05) is 0 Å². The molecule has 9 heteroatoms. The first-order valence-electron chi connectivity index (χ1n) is 10.9. The van der Waals surface area contributed by atoms with Crippen LogP contribution in [-0.2, 0) is 4.79 Å². The highest BCUT2D eigenvalue weighted by atomic mass is 32.2. The third-order valence-corrected chi connectivity index (χ3v) is 6.47. The average Bonchev–Trinajstić information content (AvgIpc) is 3.26. The fourth-order valence-electron chi connectivity index (χ4n) is 3.90. The van der Waals surface area contributed by atoms with Gasteiger partial charge in [-0.2, -0.15) is 0 Å². The van der Waals surface area contributed by atoms with Crippen molar-refractivity contribution in [2.45, 2.75) is 24.8 Å². The van der Waals surface area contributed by atoms with Crippen LogP contribution in [0.25, 0.3) is 0 Å². The zero-order chi connectivity index (χ0) is 22.3. The molecule has 1 fully saturated rings. The molecule has 0 saturated carbocycles. The number of likely N-dealkylation sites (tertiary alicyclic amines) is 1. The summed E-state index contributed by atoms with van der Waals surface area (Å²) < 4.78 is 10.6. The molecule has 2 N–H and O–H groups in total. The van der Waals surface area contributed by atoms with Crippen molar-refractivity contribution in [2.24, 2.45) is 5.92 Å². The molecule has 2 aromatic rings. The molecular weight excluding hydrogens is 428 g/mol. The van der Waals surface area contributed by atoms with Gasteiger partial charge in [0.05, 0.1) is 11.3 Å². The van der Waals surface area contributed by atoms with Crippen molar-refractivity contribution in [3.63, 3.8) is 0 Å². The van der Waals surface area contributed by atoms with Crippen molar-refractivity contribution in [3.8, 4) is 11.5 Å². The summed E-state index contributed by atoms with van der Waals surface area (Å²) in [5.74, 6) is 1.77. The summed E-state index contributed by atoms with van der Waals surface area (Å²) in [4.78, 5) is 31.8. The number of carbonyl (C=O) groups is 2. The predicted octanol–water partition coefficient (Wildman–Crippen LogP) is 3.00. The third-order valence-electron chi connectivity index (χ3n) is 5.47. The van der Waals surface area contributed by atoms with Gasteiger partial charge in [0.1, 0.15) is 5.03 Å². The number of ether oxygens (including phenoxy) is 2.